The maximum atomic E-state index is 14.9. The smallest absolute Gasteiger partial charge is 0.164 e. The van der Waals surface area contributed by atoms with E-state index in [1.54, 1.807) is 12.3 Å². The normalized spacial score (nSPS) is 11.3. The molecule has 5 rings (SSSR count). The number of hydrogen-bond donors (Lipinski definition) is 2. The molecule has 0 aliphatic rings. The van der Waals surface area contributed by atoms with E-state index in [1.165, 1.54) is 13.2 Å². The average molecular weight is 437 g/mol. The van der Waals surface area contributed by atoms with Crippen molar-refractivity contribution in [3.05, 3.63) is 82.6 Å². The van der Waals surface area contributed by atoms with Gasteiger partial charge in [0, 0.05) is 30.3 Å². The number of aromatic nitrogens is 4. The van der Waals surface area contributed by atoms with Crippen molar-refractivity contribution >= 4 is 33.7 Å². The van der Waals surface area contributed by atoms with Crippen molar-refractivity contribution in [2.75, 3.05) is 7.11 Å². The third-order valence-corrected chi connectivity index (χ3v) is 5.31. The molecule has 0 amide bonds. The number of methoxy groups -OCH3 is 1. The van der Waals surface area contributed by atoms with E-state index in [0.29, 0.717) is 40.0 Å². The Bertz CT molecular complexity index is 1360. The van der Waals surface area contributed by atoms with Crippen LogP contribution in [0.5, 0.6) is 11.5 Å². The summed E-state index contributed by atoms with van der Waals surface area (Å²) in [6.07, 6.45) is 3.74. The van der Waals surface area contributed by atoms with Crippen molar-refractivity contribution in [1.29, 1.82) is 0 Å². The van der Waals surface area contributed by atoms with Gasteiger partial charge in [-0.3, -0.25) is 0 Å². The number of H-pyrrole nitrogens is 2. The van der Waals surface area contributed by atoms with Gasteiger partial charge in [0.25, 0.3) is 0 Å². The molecular weight excluding hydrogens is 419 g/mol. The Morgan fingerprint density at radius 3 is 2.81 bits per heavy atom. The van der Waals surface area contributed by atoms with Gasteiger partial charge < -0.3 is 19.4 Å². The number of hydrogen-bond acceptors (Lipinski definition) is 4. The Balaban J connectivity index is 1.39. The molecule has 31 heavy (non-hydrogen) atoms. The standard InChI is InChI=1S/C23H18ClFN4O2/c1-30-20-7-13(6-14-10-26-23-16(14)8-15(24)11-27-23)17(25)9-21(20)31-12-22-28-18-4-2-3-5-19(18)29-22/h2-5,7-11H,6,12H2,1H3,(H,26,27)(H,28,29). The molecule has 3 heterocycles. The summed E-state index contributed by atoms with van der Waals surface area (Å²) in [6, 6.07) is 12.5. The van der Waals surface area contributed by atoms with Crippen LogP contribution in [0.4, 0.5) is 4.39 Å². The Morgan fingerprint density at radius 2 is 1.97 bits per heavy atom. The summed E-state index contributed by atoms with van der Waals surface area (Å²) in [7, 11) is 1.53. The summed E-state index contributed by atoms with van der Waals surface area (Å²) in [5.41, 5.74) is 3.85. The van der Waals surface area contributed by atoms with Crippen molar-refractivity contribution in [2.45, 2.75) is 13.0 Å². The molecule has 6 nitrogen and oxygen atoms in total. The molecule has 2 aromatic carbocycles. The third kappa shape index (κ3) is 3.80. The zero-order chi connectivity index (χ0) is 21.4. The molecule has 8 heteroatoms. The predicted octanol–water partition coefficient (Wildman–Crippen LogP) is 5.41. The zero-order valence-corrected chi connectivity index (χ0v) is 17.3. The molecule has 0 saturated heterocycles. The van der Waals surface area contributed by atoms with E-state index in [4.69, 9.17) is 21.1 Å². The van der Waals surface area contributed by atoms with Gasteiger partial charge >= 0.3 is 0 Å². The number of rotatable bonds is 6. The van der Waals surface area contributed by atoms with Gasteiger partial charge in [-0.1, -0.05) is 23.7 Å². The number of fused-ring (bicyclic) bond motifs is 2. The lowest BCUT2D eigenvalue weighted by molar-refractivity contribution is 0.275. The minimum absolute atomic E-state index is 0.163. The average Bonchev–Trinajstić information content (AvgIpc) is 3.37. The Hall–Kier alpha value is -3.58. The van der Waals surface area contributed by atoms with Gasteiger partial charge in [0.1, 0.15) is 23.9 Å². The topological polar surface area (TPSA) is 75.8 Å². The van der Waals surface area contributed by atoms with Gasteiger partial charge in [-0.2, -0.15) is 0 Å². The van der Waals surface area contributed by atoms with E-state index in [9.17, 15) is 4.39 Å². The first-order chi connectivity index (χ1) is 15.1. The molecule has 0 fully saturated rings. The number of halogens is 2. The monoisotopic (exact) mass is 436 g/mol. The highest BCUT2D eigenvalue weighted by Crippen LogP contribution is 2.33. The summed E-state index contributed by atoms with van der Waals surface area (Å²) in [4.78, 5) is 15.0. The fraction of sp³-hybridized carbons (Fsp3) is 0.130. The van der Waals surface area contributed by atoms with Crippen LogP contribution in [0.25, 0.3) is 22.1 Å². The first-order valence-electron chi connectivity index (χ1n) is 9.65. The Morgan fingerprint density at radius 1 is 1.10 bits per heavy atom. The van der Waals surface area contributed by atoms with Crippen LogP contribution in [0.15, 0.2) is 54.9 Å². The second-order valence-corrected chi connectivity index (χ2v) is 7.56. The molecule has 0 radical (unpaired) electrons. The molecule has 3 aromatic heterocycles. The summed E-state index contributed by atoms with van der Waals surface area (Å²) in [6.45, 7) is 0.163. The van der Waals surface area contributed by atoms with E-state index >= 15 is 0 Å². The fourth-order valence-corrected chi connectivity index (χ4v) is 3.75. The zero-order valence-electron chi connectivity index (χ0n) is 16.6. The highest BCUT2D eigenvalue weighted by Gasteiger charge is 2.15. The molecule has 0 unspecified atom stereocenters. The number of nitrogens with one attached hydrogen (secondary N) is 2. The van der Waals surface area contributed by atoms with Crippen LogP contribution in [-0.4, -0.2) is 27.0 Å². The molecule has 0 aliphatic heterocycles. The second-order valence-electron chi connectivity index (χ2n) is 7.12. The van der Waals surface area contributed by atoms with E-state index in [1.807, 2.05) is 36.5 Å². The molecule has 5 aromatic rings. The maximum Gasteiger partial charge on any atom is 0.164 e. The number of aromatic amines is 2. The largest absolute Gasteiger partial charge is 0.493 e. The number of pyridine rings is 1. The van der Waals surface area contributed by atoms with Crippen LogP contribution < -0.4 is 9.47 Å². The summed E-state index contributed by atoms with van der Waals surface area (Å²) < 4.78 is 26.2. The van der Waals surface area contributed by atoms with Gasteiger partial charge in [-0.15, -0.1) is 0 Å². The second kappa shape index (κ2) is 7.92. The quantitative estimate of drug-likeness (QED) is 0.373. The van der Waals surface area contributed by atoms with Gasteiger partial charge in [0.05, 0.1) is 23.2 Å². The van der Waals surface area contributed by atoms with E-state index in [0.717, 1.165) is 22.0 Å². The SMILES string of the molecule is COc1cc(Cc2c[nH]c3ncc(Cl)cc23)c(F)cc1OCc1nc2ccccc2[nH]1. The molecular formula is C23H18ClFN4O2. The molecule has 0 saturated carbocycles. The minimum atomic E-state index is -0.384. The van der Waals surface area contributed by atoms with Crippen molar-refractivity contribution in [3.63, 3.8) is 0 Å². The first kappa shape index (κ1) is 19.4. The van der Waals surface area contributed by atoms with Crippen LogP contribution in [-0.2, 0) is 13.0 Å². The van der Waals surface area contributed by atoms with E-state index in [2.05, 4.69) is 19.9 Å². The van der Waals surface area contributed by atoms with Crippen molar-refractivity contribution in [3.8, 4) is 11.5 Å². The predicted molar refractivity (Wildman–Crippen MR) is 117 cm³/mol. The third-order valence-electron chi connectivity index (χ3n) is 5.10. The molecule has 0 spiro atoms. The Labute approximate surface area is 182 Å². The summed E-state index contributed by atoms with van der Waals surface area (Å²) in [5, 5.41) is 1.39. The van der Waals surface area contributed by atoms with Gasteiger partial charge in [0.15, 0.2) is 11.5 Å². The summed E-state index contributed by atoms with van der Waals surface area (Å²) in [5.74, 6) is 1.03. The van der Waals surface area contributed by atoms with E-state index in [-0.39, 0.29) is 12.4 Å². The lowest BCUT2D eigenvalue weighted by Gasteiger charge is -2.12. The molecule has 0 aliphatic carbocycles. The van der Waals surface area contributed by atoms with Crippen molar-refractivity contribution in [2.24, 2.45) is 0 Å². The lowest BCUT2D eigenvalue weighted by Crippen LogP contribution is -2.02. The number of nitrogens with zero attached hydrogens (tertiary/aromatic N) is 2. The summed E-state index contributed by atoms with van der Waals surface area (Å²) >= 11 is 6.07. The number of para-hydroxylation sites is 2. The molecule has 2 N–H and O–H groups in total. The van der Waals surface area contributed by atoms with Gasteiger partial charge in [-0.05, 0) is 35.4 Å². The van der Waals surface area contributed by atoms with Crippen LogP contribution in [0.2, 0.25) is 5.02 Å². The van der Waals surface area contributed by atoms with Crippen LogP contribution in [0.3, 0.4) is 0 Å². The maximum absolute atomic E-state index is 14.9. The molecule has 0 bridgehead atoms. The Kier molecular flexibility index (Phi) is 4.95. The number of ether oxygens (including phenoxy) is 2. The van der Waals surface area contributed by atoms with Crippen molar-refractivity contribution < 1.29 is 13.9 Å². The van der Waals surface area contributed by atoms with Crippen molar-refractivity contribution in [1.82, 2.24) is 19.9 Å². The number of benzene rings is 2. The lowest BCUT2D eigenvalue weighted by atomic mass is 10.0. The minimum Gasteiger partial charge on any atom is -0.493 e. The fourth-order valence-electron chi connectivity index (χ4n) is 3.59. The highest BCUT2D eigenvalue weighted by molar-refractivity contribution is 6.31. The highest BCUT2D eigenvalue weighted by atomic mass is 35.5. The van der Waals surface area contributed by atoms with Gasteiger partial charge in [-0.25, -0.2) is 14.4 Å². The van der Waals surface area contributed by atoms with Gasteiger partial charge in [0.2, 0.25) is 0 Å². The van der Waals surface area contributed by atoms with Crippen LogP contribution in [0.1, 0.15) is 17.0 Å². The van der Waals surface area contributed by atoms with E-state index < -0.39 is 0 Å². The first-order valence-corrected chi connectivity index (χ1v) is 10.0. The van der Waals surface area contributed by atoms with Crippen LogP contribution >= 0.6 is 11.6 Å². The molecule has 0 atom stereocenters. The number of imidazole rings is 1. The van der Waals surface area contributed by atoms with Crippen LogP contribution in [0, 0.1) is 5.82 Å². The molecule has 156 valence electrons.